The lowest BCUT2D eigenvalue weighted by Crippen LogP contribution is -2.38. The second kappa shape index (κ2) is 10.8. The van der Waals surface area contributed by atoms with Crippen LogP contribution in [0.25, 0.3) is 0 Å². The highest BCUT2D eigenvalue weighted by atomic mass is 32.1. The van der Waals surface area contributed by atoms with Gasteiger partial charge in [0.05, 0.1) is 12.8 Å². The number of rotatable bonds is 9. The van der Waals surface area contributed by atoms with Crippen molar-refractivity contribution in [2.24, 2.45) is 4.74 Å². The molecule has 0 amide bonds. The second-order valence-corrected chi connectivity index (χ2v) is 9.39. The highest BCUT2D eigenvalue weighted by Crippen LogP contribution is 2.55. The first-order chi connectivity index (χ1) is 13.1. The van der Waals surface area contributed by atoms with Crippen LogP contribution >= 0.6 is 19.6 Å². The number of nitrogens with zero attached hydrogens (tertiary/aromatic N) is 3. The van der Waals surface area contributed by atoms with Gasteiger partial charge in [-0.15, -0.1) is 0 Å². The molecule has 2 aromatic rings. The molecule has 1 N–H and O–H groups in total. The zero-order chi connectivity index (χ0) is 19.7. The summed E-state index contributed by atoms with van der Waals surface area (Å²) in [7, 11) is -2.17. The lowest BCUT2D eigenvalue weighted by molar-refractivity contribution is 0.421. The summed E-state index contributed by atoms with van der Waals surface area (Å²) in [6, 6.07) is 14.4. The van der Waals surface area contributed by atoms with Crippen LogP contribution in [0.5, 0.6) is 0 Å². The molecule has 0 bridgehead atoms. The molecule has 0 aliphatic carbocycles. The highest BCUT2D eigenvalue weighted by Gasteiger charge is 2.34. The molecule has 0 unspecified atom stereocenters. The Hall–Kier alpha value is -1.46. The molecule has 148 valence electrons. The summed E-state index contributed by atoms with van der Waals surface area (Å²) < 4.78 is 15.5. The van der Waals surface area contributed by atoms with Gasteiger partial charge in [0, 0.05) is 31.5 Å². The van der Waals surface area contributed by atoms with E-state index in [0.717, 1.165) is 31.9 Å². The van der Waals surface area contributed by atoms with Gasteiger partial charge in [-0.25, -0.2) is 4.74 Å². The van der Waals surface area contributed by atoms with Crippen molar-refractivity contribution in [1.82, 2.24) is 14.7 Å². The molecule has 1 aromatic heterocycles. The maximum atomic E-state index is 5.66. The van der Waals surface area contributed by atoms with Crippen molar-refractivity contribution in [2.75, 3.05) is 26.2 Å². The zero-order valence-corrected chi connectivity index (χ0v) is 18.5. The van der Waals surface area contributed by atoms with Gasteiger partial charge in [-0.2, -0.15) is 0 Å². The van der Waals surface area contributed by atoms with E-state index in [1.807, 2.05) is 12.1 Å². The average molecular weight is 407 g/mol. The molecular weight excluding hydrogens is 375 g/mol. The van der Waals surface area contributed by atoms with E-state index in [4.69, 9.17) is 21.4 Å². The molecule has 1 heterocycles. The van der Waals surface area contributed by atoms with Crippen molar-refractivity contribution in [2.45, 2.75) is 34.2 Å². The van der Waals surface area contributed by atoms with Gasteiger partial charge < -0.3 is 9.73 Å². The smallest absolute Gasteiger partial charge is 0.194 e. The van der Waals surface area contributed by atoms with Crippen LogP contribution in [-0.4, -0.2) is 40.6 Å². The van der Waals surface area contributed by atoms with Gasteiger partial charge >= 0.3 is 0 Å². The Morgan fingerprint density at radius 1 is 0.963 bits per heavy atom. The summed E-state index contributed by atoms with van der Waals surface area (Å²) in [6.07, 6.45) is 1.67. The largest absolute Gasteiger partial charge is 0.467 e. The van der Waals surface area contributed by atoms with Gasteiger partial charge in [0.15, 0.2) is 5.11 Å². The van der Waals surface area contributed by atoms with Gasteiger partial charge in [-0.05, 0) is 24.4 Å². The monoisotopic (exact) mass is 406 g/mol. The fraction of sp³-hybridized carbons (Fsp3) is 0.450. The average Bonchev–Trinajstić information content (AvgIpc) is 3.22. The van der Waals surface area contributed by atoms with Crippen LogP contribution in [0.3, 0.4) is 0 Å². The Morgan fingerprint density at radius 3 is 2.04 bits per heavy atom. The standard InChI is InChI=1S/C20H31N4OPS/c1-5-23(6-2)26(24(7-3)8-4,19-14-10-9-11-15-19)22-20(27)21-17-18-13-12-16-25-18/h9-16H,5-8,17H2,1-4H3,(H,21,27). The predicted octanol–water partition coefficient (Wildman–Crippen LogP) is 4.69. The number of furan rings is 1. The Balaban J connectivity index is 2.52. The molecule has 0 aliphatic heterocycles. The Kier molecular flexibility index (Phi) is 8.71. The van der Waals surface area contributed by atoms with Crippen LogP contribution in [0.1, 0.15) is 33.5 Å². The van der Waals surface area contributed by atoms with Gasteiger partial charge in [-0.1, -0.05) is 58.0 Å². The molecule has 2 rings (SSSR count). The predicted molar refractivity (Wildman–Crippen MR) is 119 cm³/mol. The Bertz CT molecular complexity index is 725. The van der Waals surface area contributed by atoms with Crippen LogP contribution in [0.15, 0.2) is 57.9 Å². The fourth-order valence-corrected chi connectivity index (χ4v) is 7.56. The normalized spacial score (nSPS) is 11.8. The van der Waals surface area contributed by atoms with E-state index in [1.54, 1.807) is 6.26 Å². The molecule has 0 aliphatic rings. The summed E-state index contributed by atoms with van der Waals surface area (Å²) in [5.41, 5.74) is 0. The Labute approximate surface area is 168 Å². The lowest BCUT2D eigenvalue weighted by atomic mass is 10.4. The molecule has 7 heteroatoms. The fourth-order valence-electron chi connectivity index (χ4n) is 3.29. The quantitative estimate of drug-likeness (QED) is 0.483. The SMILES string of the molecule is CCN(CC)P(=NC(=S)NCc1ccco1)(c1ccccc1)N(CC)CC. The van der Waals surface area contributed by atoms with Gasteiger partial charge in [0.1, 0.15) is 13.1 Å². The maximum Gasteiger partial charge on any atom is 0.194 e. The third kappa shape index (κ3) is 5.08. The minimum absolute atomic E-state index is 0.530. The van der Waals surface area contributed by atoms with Gasteiger partial charge in [0.2, 0.25) is 0 Å². The van der Waals surface area contributed by atoms with E-state index in [9.17, 15) is 0 Å². The number of hydrogen-bond acceptors (Lipinski definition) is 2. The first-order valence-electron chi connectivity index (χ1n) is 9.61. The molecule has 0 saturated carbocycles. The third-order valence-corrected chi connectivity index (χ3v) is 9.13. The zero-order valence-electron chi connectivity index (χ0n) is 16.8. The topological polar surface area (TPSA) is 44.0 Å². The van der Waals surface area contributed by atoms with Crippen molar-refractivity contribution in [3.63, 3.8) is 0 Å². The van der Waals surface area contributed by atoms with Crippen molar-refractivity contribution in [3.8, 4) is 0 Å². The molecule has 0 radical (unpaired) electrons. The molecule has 0 spiro atoms. The third-order valence-electron chi connectivity index (χ3n) is 4.58. The van der Waals surface area contributed by atoms with Crippen molar-refractivity contribution < 1.29 is 4.42 Å². The van der Waals surface area contributed by atoms with E-state index in [1.165, 1.54) is 5.30 Å². The van der Waals surface area contributed by atoms with Crippen LogP contribution in [-0.2, 0) is 6.54 Å². The molecule has 1 aromatic carbocycles. The highest BCUT2D eigenvalue weighted by molar-refractivity contribution is 7.81. The molecular formula is C20H31N4OPS. The van der Waals surface area contributed by atoms with Gasteiger partial charge in [-0.3, -0.25) is 9.34 Å². The number of thiocarbonyl (C=S) groups is 1. The number of benzene rings is 1. The summed E-state index contributed by atoms with van der Waals surface area (Å²) in [4.78, 5) is 0. The summed E-state index contributed by atoms with van der Waals surface area (Å²) in [5.74, 6) is 0.849. The minimum atomic E-state index is -2.17. The van der Waals surface area contributed by atoms with E-state index in [0.29, 0.717) is 11.7 Å². The van der Waals surface area contributed by atoms with Crippen LogP contribution in [0.2, 0.25) is 0 Å². The molecule has 27 heavy (non-hydrogen) atoms. The molecule has 0 saturated heterocycles. The van der Waals surface area contributed by atoms with Crippen LogP contribution < -0.4 is 10.6 Å². The maximum absolute atomic E-state index is 5.66. The molecule has 5 nitrogen and oxygen atoms in total. The first kappa shape index (κ1) is 21.8. The van der Waals surface area contributed by atoms with Gasteiger partial charge in [0.25, 0.3) is 0 Å². The van der Waals surface area contributed by atoms with E-state index >= 15 is 0 Å². The Morgan fingerprint density at radius 2 is 1.56 bits per heavy atom. The lowest BCUT2D eigenvalue weighted by Gasteiger charge is -2.43. The minimum Gasteiger partial charge on any atom is -0.467 e. The molecule has 0 fully saturated rings. The van der Waals surface area contributed by atoms with Crippen LogP contribution in [0, 0.1) is 0 Å². The molecule has 0 atom stereocenters. The van der Waals surface area contributed by atoms with Crippen molar-refractivity contribution in [3.05, 3.63) is 54.5 Å². The summed E-state index contributed by atoms with van der Waals surface area (Å²) in [6.45, 7) is 13.0. The summed E-state index contributed by atoms with van der Waals surface area (Å²) in [5, 5.41) is 5.03. The summed E-state index contributed by atoms with van der Waals surface area (Å²) >= 11 is 5.66. The van der Waals surface area contributed by atoms with Crippen molar-refractivity contribution >= 4 is 30.0 Å². The van der Waals surface area contributed by atoms with E-state index < -0.39 is 7.36 Å². The van der Waals surface area contributed by atoms with E-state index in [2.05, 4.69) is 72.7 Å². The number of hydrogen-bond donors (Lipinski definition) is 1. The van der Waals surface area contributed by atoms with Crippen LogP contribution in [0.4, 0.5) is 0 Å². The van der Waals surface area contributed by atoms with Crippen molar-refractivity contribution in [1.29, 1.82) is 0 Å². The number of nitrogens with one attached hydrogen (secondary N) is 1. The van der Waals surface area contributed by atoms with E-state index in [-0.39, 0.29) is 0 Å². The second-order valence-electron chi connectivity index (χ2n) is 6.02. The first-order valence-corrected chi connectivity index (χ1v) is 11.7.